The van der Waals surface area contributed by atoms with Crippen LogP contribution in [0.15, 0.2) is 24.3 Å². The molecule has 1 aromatic rings. The lowest BCUT2D eigenvalue weighted by atomic mass is 9.80. The lowest BCUT2D eigenvalue weighted by Gasteiger charge is -2.38. The maximum atomic E-state index is 13.6. The Bertz CT molecular complexity index is 396. The summed E-state index contributed by atoms with van der Waals surface area (Å²) < 4.78 is 19.6. The van der Waals surface area contributed by atoms with Crippen molar-refractivity contribution >= 4 is 15.9 Å². The van der Waals surface area contributed by atoms with Crippen LogP contribution >= 0.6 is 15.9 Å². The highest BCUT2D eigenvalue weighted by Crippen LogP contribution is 2.37. The first kappa shape index (κ1) is 14.0. The Morgan fingerprint density at radius 3 is 2.89 bits per heavy atom. The van der Waals surface area contributed by atoms with E-state index in [2.05, 4.69) is 22.9 Å². The van der Waals surface area contributed by atoms with Crippen LogP contribution in [-0.2, 0) is 11.3 Å². The van der Waals surface area contributed by atoms with Gasteiger partial charge in [-0.15, -0.1) is 0 Å². The minimum absolute atomic E-state index is 0.111. The first-order valence-corrected chi connectivity index (χ1v) is 7.71. The van der Waals surface area contributed by atoms with E-state index in [0.717, 1.165) is 18.2 Å². The predicted octanol–water partition coefficient (Wildman–Crippen LogP) is 4.69. The summed E-state index contributed by atoms with van der Waals surface area (Å²) in [5, 5.41) is 0.832. The summed E-state index contributed by atoms with van der Waals surface area (Å²) in [7, 11) is 0. The van der Waals surface area contributed by atoms with Gasteiger partial charge in [0.1, 0.15) is 5.82 Å². The molecule has 0 heterocycles. The molecule has 2 rings (SSSR count). The van der Waals surface area contributed by atoms with Gasteiger partial charge in [0.05, 0.1) is 12.2 Å². The molecule has 0 N–H and O–H groups in total. The summed E-state index contributed by atoms with van der Waals surface area (Å²) in [6, 6.07) is 6.85. The second-order valence-corrected chi connectivity index (χ2v) is 5.96. The maximum absolute atomic E-state index is 13.6. The second kappa shape index (κ2) is 6.16. The Kier molecular flexibility index (Phi) is 4.79. The highest BCUT2D eigenvalue weighted by molar-refractivity contribution is 9.09. The molecule has 0 saturated heterocycles. The van der Waals surface area contributed by atoms with Crippen LogP contribution in [0.3, 0.4) is 0 Å². The molecule has 2 unspecified atom stereocenters. The average molecular weight is 315 g/mol. The van der Waals surface area contributed by atoms with Crippen molar-refractivity contribution in [2.75, 3.05) is 5.33 Å². The Hall–Kier alpha value is -0.410. The third-order valence-corrected chi connectivity index (χ3v) is 4.81. The minimum atomic E-state index is -0.175. The van der Waals surface area contributed by atoms with E-state index in [1.807, 2.05) is 6.07 Å². The number of hydrogen-bond acceptors (Lipinski definition) is 1. The summed E-state index contributed by atoms with van der Waals surface area (Å²) in [4.78, 5) is 0. The SMILES string of the molecule is CC1CCCC(CBr)(OCc2ccccc2F)C1. The van der Waals surface area contributed by atoms with Crippen LogP contribution in [0.4, 0.5) is 4.39 Å². The van der Waals surface area contributed by atoms with Gasteiger partial charge in [0.25, 0.3) is 0 Å². The van der Waals surface area contributed by atoms with Crippen molar-refractivity contribution in [3.05, 3.63) is 35.6 Å². The Morgan fingerprint density at radius 2 is 2.22 bits per heavy atom. The van der Waals surface area contributed by atoms with Crippen molar-refractivity contribution < 1.29 is 9.13 Å². The standard InChI is InChI=1S/C15H20BrFO/c1-12-5-4-8-15(9-12,11-16)18-10-13-6-2-3-7-14(13)17/h2-3,6-7,12H,4-5,8-11H2,1H3. The van der Waals surface area contributed by atoms with Crippen molar-refractivity contribution in [2.45, 2.75) is 44.8 Å². The molecule has 1 fully saturated rings. The molecular formula is C15H20BrFO. The molecule has 0 amide bonds. The fourth-order valence-corrected chi connectivity index (χ4v) is 3.42. The third kappa shape index (κ3) is 3.33. The van der Waals surface area contributed by atoms with E-state index in [9.17, 15) is 4.39 Å². The molecule has 1 aromatic carbocycles. The molecule has 100 valence electrons. The molecule has 0 radical (unpaired) electrons. The van der Waals surface area contributed by atoms with E-state index in [0.29, 0.717) is 18.1 Å². The van der Waals surface area contributed by atoms with Crippen molar-refractivity contribution in [2.24, 2.45) is 5.92 Å². The van der Waals surface area contributed by atoms with Crippen LogP contribution < -0.4 is 0 Å². The molecule has 0 aliphatic heterocycles. The van der Waals surface area contributed by atoms with Crippen LogP contribution in [0.1, 0.15) is 38.2 Å². The molecule has 1 aliphatic carbocycles. The van der Waals surface area contributed by atoms with Crippen LogP contribution in [-0.4, -0.2) is 10.9 Å². The highest BCUT2D eigenvalue weighted by atomic mass is 79.9. The van der Waals surface area contributed by atoms with Gasteiger partial charge in [-0.2, -0.15) is 0 Å². The lowest BCUT2D eigenvalue weighted by molar-refractivity contribution is -0.0736. The van der Waals surface area contributed by atoms with Crippen LogP contribution in [0.2, 0.25) is 0 Å². The smallest absolute Gasteiger partial charge is 0.128 e. The first-order chi connectivity index (χ1) is 8.65. The number of rotatable bonds is 4. The molecular weight excluding hydrogens is 295 g/mol. The summed E-state index contributed by atoms with van der Waals surface area (Å²) in [5.41, 5.74) is 0.538. The van der Waals surface area contributed by atoms with Gasteiger partial charge in [0, 0.05) is 10.9 Å². The zero-order valence-corrected chi connectivity index (χ0v) is 12.4. The molecule has 0 bridgehead atoms. The number of benzene rings is 1. The Balaban J connectivity index is 2.01. The third-order valence-electron chi connectivity index (χ3n) is 3.79. The van der Waals surface area contributed by atoms with Crippen molar-refractivity contribution in [1.82, 2.24) is 0 Å². The van der Waals surface area contributed by atoms with Gasteiger partial charge in [-0.25, -0.2) is 4.39 Å². The Morgan fingerprint density at radius 1 is 1.44 bits per heavy atom. The number of halogens is 2. The van der Waals surface area contributed by atoms with Gasteiger partial charge in [-0.3, -0.25) is 0 Å². The molecule has 0 spiro atoms. The molecule has 18 heavy (non-hydrogen) atoms. The summed E-state index contributed by atoms with van der Waals surface area (Å²) >= 11 is 3.57. The van der Waals surface area contributed by atoms with Gasteiger partial charge in [0.2, 0.25) is 0 Å². The maximum Gasteiger partial charge on any atom is 0.128 e. The van der Waals surface area contributed by atoms with Gasteiger partial charge in [-0.05, 0) is 24.8 Å². The largest absolute Gasteiger partial charge is 0.369 e. The predicted molar refractivity (Wildman–Crippen MR) is 75.3 cm³/mol. The van der Waals surface area contributed by atoms with Gasteiger partial charge < -0.3 is 4.74 Å². The van der Waals surface area contributed by atoms with Crippen molar-refractivity contribution in [3.8, 4) is 0 Å². The monoisotopic (exact) mass is 314 g/mol. The quantitative estimate of drug-likeness (QED) is 0.733. The summed E-state index contributed by atoms with van der Waals surface area (Å²) in [6.45, 7) is 2.63. The topological polar surface area (TPSA) is 9.23 Å². The number of alkyl halides is 1. The molecule has 1 saturated carbocycles. The van der Waals surface area contributed by atoms with Crippen molar-refractivity contribution in [3.63, 3.8) is 0 Å². The van der Waals surface area contributed by atoms with E-state index in [4.69, 9.17) is 4.74 Å². The van der Waals surface area contributed by atoms with Crippen LogP contribution in [0, 0.1) is 11.7 Å². The van der Waals surface area contributed by atoms with E-state index in [1.54, 1.807) is 12.1 Å². The van der Waals surface area contributed by atoms with E-state index in [1.165, 1.54) is 18.9 Å². The average Bonchev–Trinajstić information content (AvgIpc) is 2.38. The molecule has 0 aromatic heterocycles. The van der Waals surface area contributed by atoms with Gasteiger partial charge in [0.15, 0.2) is 0 Å². The van der Waals surface area contributed by atoms with Crippen LogP contribution in [0.5, 0.6) is 0 Å². The number of ether oxygens (including phenoxy) is 1. The van der Waals surface area contributed by atoms with Crippen molar-refractivity contribution in [1.29, 1.82) is 0 Å². The highest BCUT2D eigenvalue weighted by Gasteiger charge is 2.35. The minimum Gasteiger partial charge on any atom is -0.369 e. The molecule has 1 aliphatic rings. The first-order valence-electron chi connectivity index (χ1n) is 6.58. The zero-order chi connectivity index (χ0) is 13.0. The number of hydrogen-bond donors (Lipinski definition) is 0. The lowest BCUT2D eigenvalue weighted by Crippen LogP contribution is -2.39. The summed E-state index contributed by atoms with van der Waals surface area (Å²) in [5.74, 6) is 0.517. The second-order valence-electron chi connectivity index (χ2n) is 5.40. The van der Waals surface area contributed by atoms with E-state index >= 15 is 0 Å². The fraction of sp³-hybridized carbons (Fsp3) is 0.600. The van der Waals surface area contributed by atoms with E-state index in [-0.39, 0.29) is 11.4 Å². The normalized spacial score (nSPS) is 28.3. The Labute approximate surface area is 117 Å². The fourth-order valence-electron chi connectivity index (χ4n) is 2.75. The summed E-state index contributed by atoms with van der Waals surface area (Å²) in [6.07, 6.45) is 4.60. The molecule has 1 nitrogen and oxygen atoms in total. The van der Waals surface area contributed by atoms with Gasteiger partial charge >= 0.3 is 0 Å². The van der Waals surface area contributed by atoms with Crippen LogP contribution in [0.25, 0.3) is 0 Å². The molecule has 2 atom stereocenters. The van der Waals surface area contributed by atoms with Gasteiger partial charge in [-0.1, -0.05) is 53.9 Å². The zero-order valence-electron chi connectivity index (χ0n) is 10.8. The van der Waals surface area contributed by atoms with E-state index < -0.39 is 0 Å². The molecule has 3 heteroatoms.